The van der Waals surface area contributed by atoms with Crippen molar-refractivity contribution in [2.24, 2.45) is 17.8 Å². The Balaban J connectivity index is 1.62. The number of methoxy groups -OCH3 is 1. The molecule has 0 aromatic heterocycles. The Morgan fingerprint density at radius 1 is 0.952 bits per heavy atom. The minimum atomic E-state index is 0.774. The topological polar surface area (TPSA) is 9.23 Å². The molecule has 0 spiro atoms. The van der Waals surface area contributed by atoms with Crippen molar-refractivity contribution in [2.45, 2.75) is 51.4 Å². The first-order chi connectivity index (χ1) is 10.3. The quantitative estimate of drug-likeness (QED) is 0.659. The van der Waals surface area contributed by atoms with Gasteiger partial charge in [0.2, 0.25) is 0 Å². The van der Waals surface area contributed by atoms with Crippen molar-refractivity contribution in [1.29, 1.82) is 0 Å². The van der Waals surface area contributed by atoms with Crippen molar-refractivity contribution in [3.63, 3.8) is 0 Å². The second kappa shape index (κ2) is 6.68. The average Bonchev–Trinajstić information content (AvgIpc) is 2.55. The molecular weight excluding hydrogens is 256 g/mol. The van der Waals surface area contributed by atoms with E-state index in [0.717, 1.165) is 29.4 Å². The molecular formula is C20H28O. The lowest BCUT2D eigenvalue weighted by Gasteiger charge is -2.41. The molecule has 0 radical (unpaired) electrons. The SMILES string of the molecule is CC=CC1CCC2CC(c3ccc(OC)cc3)CCC2C1. The van der Waals surface area contributed by atoms with Gasteiger partial charge in [-0.25, -0.2) is 0 Å². The molecule has 2 fully saturated rings. The molecule has 3 rings (SSSR count). The molecule has 4 atom stereocenters. The van der Waals surface area contributed by atoms with E-state index in [-0.39, 0.29) is 0 Å². The Morgan fingerprint density at radius 2 is 1.67 bits per heavy atom. The second-order valence-corrected chi connectivity index (χ2v) is 6.90. The summed E-state index contributed by atoms with van der Waals surface area (Å²) in [7, 11) is 1.74. The third kappa shape index (κ3) is 3.33. The van der Waals surface area contributed by atoms with Gasteiger partial charge < -0.3 is 4.74 Å². The zero-order chi connectivity index (χ0) is 14.7. The van der Waals surface area contributed by atoms with Gasteiger partial charge in [0, 0.05) is 0 Å². The van der Waals surface area contributed by atoms with Crippen LogP contribution in [0.1, 0.15) is 56.9 Å². The van der Waals surface area contributed by atoms with E-state index < -0.39 is 0 Å². The van der Waals surface area contributed by atoms with Crippen LogP contribution >= 0.6 is 0 Å². The van der Waals surface area contributed by atoms with Crippen LogP contribution in [0.25, 0.3) is 0 Å². The Hall–Kier alpha value is -1.24. The number of benzene rings is 1. The fourth-order valence-electron chi connectivity index (χ4n) is 4.55. The van der Waals surface area contributed by atoms with E-state index in [9.17, 15) is 0 Å². The predicted octanol–water partition coefficient (Wildman–Crippen LogP) is 5.57. The number of hydrogen-bond acceptors (Lipinski definition) is 1. The van der Waals surface area contributed by atoms with E-state index in [1.807, 2.05) is 0 Å². The Morgan fingerprint density at radius 3 is 2.38 bits per heavy atom. The van der Waals surface area contributed by atoms with Crippen LogP contribution in [0, 0.1) is 17.8 Å². The van der Waals surface area contributed by atoms with Gasteiger partial charge >= 0.3 is 0 Å². The van der Waals surface area contributed by atoms with Gasteiger partial charge in [-0.1, -0.05) is 24.3 Å². The number of hydrogen-bond donors (Lipinski definition) is 0. The largest absolute Gasteiger partial charge is 0.497 e. The first-order valence-electron chi connectivity index (χ1n) is 8.57. The van der Waals surface area contributed by atoms with Crippen molar-refractivity contribution < 1.29 is 4.74 Å². The van der Waals surface area contributed by atoms with Gasteiger partial charge in [-0.2, -0.15) is 0 Å². The Bertz CT molecular complexity index is 473. The molecule has 1 nitrogen and oxygen atoms in total. The third-order valence-corrected chi connectivity index (χ3v) is 5.71. The summed E-state index contributed by atoms with van der Waals surface area (Å²) in [5, 5.41) is 0. The lowest BCUT2D eigenvalue weighted by Crippen LogP contribution is -2.30. The van der Waals surface area contributed by atoms with Crippen LogP contribution in [0.15, 0.2) is 36.4 Å². The Kier molecular flexibility index (Phi) is 4.67. The number of rotatable bonds is 3. The molecule has 2 aliphatic rings. The average molecular weight is 284 g/mol. The summed E-state index contributed by atoms with van der Waals surface area (Å²) >= 11 is 0. The number of allylic oxidation sites excluding steroid dienone is 2. The van der Waals surface area contributed by atoms with Crippen molar-refractivity contribution in [3.05, 3.63) is 42.0 Å². The summed E-state index contributed by atoms with van der Waals surface area (Å²) in [5.41, 5.74) is 1.52. The van der Waals surface area contributed by atoms with Crippen LogP contribution in [0.2, 0.25) is 0 Å². The maximum atomic E-state index is 5.27. The van der Waals surface area contributed by atoms with E-state index in [2.05, 4.69) is 43.3 Å². The highest BCUT2D eigenvalue weighted by Crippen LogP contribution is 2.47. The van der Waals surface area contributed by atoms with Crippen molar-refractivity contribution in [2.75, 3.05) is 7.11 Å². The number of ether oxygens (including phenoxy) is 1. The fourth-order valence-corrected chi connectivity index (χ4v) is 4.55. The number of fused-ring (bicyclic) bond motifs is 1. The molecule has 1 aromatic carbocycles. The van der Waals surface area contributed by atoms with Gasteiger partial charge in [-0.15, -0.1) is 0 Å². The highest BCUT2D eigenvalue weighted by molar-refractivity contribution is 5.29. The first-order valence-corrected chi connectivity index (χ1v) is 8.57. The van der Waals surface area contributed by atoms with Crippen LogP contribution in [0.3, 0.4) is 0 Å². The van der Waals surface area contributed by atoms with Crippen LogP contribution in [-0.2, 0) is 0 Å². The van der Waals surface area contributed by atoms with E-state index in [1.54, 1.807) is 7.11 Å². The van der Waals surface area contributed by atoms with Gasteiger partial charge in [0.15, 0.2) is 0 Å². The highest BCUT2D eigenvalue weighted by Gasteiger charge is 2.35. The van der Waals surface area contributed by atoms with E-state index in [0.29, 0.717) is 0 Å². The summed E-state index contributed by atoms with van der Waals surface area (Å²) in [6.45, 7) is 2.16. The van der Waals surface area contributed by atoms with Gasteiger partial charge in [-0.05, 0) is 86.8 Å². The van der Waals surface area contributed by atoms with Gasteiger partial charge in [0.1, 0.15) is 5.75 Å². The smallest absolute Gasteiger partial charge is 0.118 e. The molecule has 2 saturated carbocycles. The summed E-state index contributed by atoms with van der Waals surface area (Å²) in [6.07, 6.45) is 13.2. The van der Waals surface area contributed by atoms with E-state index in [4.69, 9.17) is 4.74 Å². The maximum absolute atomic E-state index is 5.27. The molecule has 114 valence electrons. The van der Waals surface area contributed by atoms with Gasteiger partial charge in [-0.3, -0.25) is 0 Å². The molecule has 2 aliphatic carbocycles. The maximum Gasteiger partial charge on any atom is 0.118 e. The van der Waals surface area contributed by atoms with Crippen LogP contribution in [0.5, 0.6) is 5.75 Å². The van der Waals surface area contributed by atoms with Crippen molar-refractivity contribution >= 4 is 0 Å². The zero-order valence-electron chi connectivity index (χ0n) is 13.4. The van der Waals surface area contributed by atoms with Crippen LogP contribution in [-0.4, -0.2) is 7.11 Å². The van der Waals surface area contributed by atoms with Crippen molar-refractivity contribution in [3.8, 4) is 5.75 Å². The summed E-state index contributed by atoms with van der Waals surface area (Å²) in [6, 6.07) is 8.78. The molecule has 0 amide bonds. The molecule has 1 aromatic rings. The standard InChI is InChI=1S/C20H28O/c1-3-4-15-5-6-19-14-18(8-7-17(19)13-15)16-9-11-20(21-2)12-10-16/h3-4,9-12,15,17-19H,5-8,13-14H2,1-2H3. The zero-order valence-corrected chi connectivity index (χ0v) is 13.4. The molecule has 4 unspecified atom stereocenters. The molecule has 1 heteroatoms. The van der Waals surface area contributed by atoms with E-state index >= 15 is 0 Å². The predicted molar refractivity (Wildman–Crippen MR) is 88.7 cm³/mol. The fraction of sp³-hybridized carbons (Fsp3) is 0.600. The third-order valence-electron chi connectivity index (χ3n) is 5.71. The Labute approximate surface area is 129 Å². The molecule has 0 N–H and O–H groups in total. The monoisotopic (exact) mass is 284 g/mol. The molecule has 0 heterocycles. The van der Waals surface area contributed by atoms with Crippen molar-refractivity contribution in [1.82, 2.24) is 0 Å². The lowest BCUT2D eigenvalue weighted by atomic mass is 9.64. The van der Waals surface area contributed by atoms with Gasteiger partial charge in [0.05, 0.1) is 7.11 Å². The minimum Gasteiger partial charge on any atom is -0.497 e. The summed E-state index contributed by atoms with van der Waals surface area (Å²) in [5.74, 6) is 4.55. The normalized spacial score (nSPS) is 32.9. The lowest BCUT2D eigenvalue weighted by molar-refractivity contribution is 0.133. The van der Waals surface area contributed by atoms with Crippen LogP contribution in [0.4, 0.5) is 0 Å². The molecule has 0 bridgehead atoms. The van der Waals surface area contributed by atoms with Crippen LogP contribution < -0.4 is 4.74 Å². The highest BCUT2D eigenvalue weighted by atomic mass is 16.5. The van der Waals surface area contributed by atoms with Gasteiger partial charge in [0.25, 0.3) is 0 Å². The summed E-state index contributed by atoms with van der Waals surface area (Å²) < 4.78 is 5.27. The molecule has 0 aliphatic heterocycles. The van der Waals surface area contributed by atoms with E-state index in [1.165, 1.54) is 44.1 Å². The summed E-state index contributed by atoms with van der Waals surface area (Å²) in [4.78, 5) is 0. The molecule has 0 saturated heterocycles. The second-order valence-electron chi connectivity index (χ2n) is 6.90. The minimum absolute atomic E-state index is 0.774. The first kappa shape index (κ1) is 14.7. The molecule has 21 heavy (non-hydrogen) atoms.